The third-order valence-electron chi connectivity index (χ3n) is 2.27. The van der Waals surface area contributed by atoms with Crippen LogP contribution in [0.4, 0.5) is 5.69 Å². The highest BCUT2D eigenvalue weighted by molar-refractivity contribution is 8.00. The van der Waals surface area contributed by atoms with Crippen LogP contribution in [0.15, 0.2) is 29.2 Å². The third kappa shape index (κ3) is 2.02. The first-order valence-corrected chi connectivity index (χ1v) is 5.72. The normalized spacial score (nSPS) is 14.6. The number of thioether (sulfide) groups is 1. The molecule has 16 heavy (non-hydrogen) atoms. The van der Waals surface area contributed by atoms with Crippen LogP contribution in [-0.2, 0) is 9.59 Å². The van der Waals surface area contributed by atoms with Gasteiger partial charge in [0.2, 0.25) is 5.91 Å². The van der Waals surface area contributed by atoms with Gasteiger partial charge in [-0.15, -0.1) is 11.8 Å². The lowest BCUT2D eigenvalue weighted by molar-refractivity contribution is -0.123. The van der Waals surface area contributed by atoms with Gasteiger partial charge in [0.25, 0.3) is 5.91 Å². The quantitative estimate of drug-likeness (QED) is 0.435. The van der Waals surface area contributed by atoms with Gasteiger partial charge in [0.1, 0.15) is 6.54 Å². The number of para-hydroxylation sites is 1. The van der Waals surface area contributed by atoms with E-state index < -0.39 is 0 Å². The average Bonchev–Trinajstić information content (AvgIpc) is 2.32. The van der Waals surface area contributed by atoms with E-state index in [-0.39, 0.29) is 18.4 Å². The van der Waals surface area contributed by atoms with Crippen molar-refractivity contribution in [2.24, 2.45) is 5.84 Å². The molecule has 2 rings (SSSR count). The van der Waals surface area contributed by atoms with Crippen molar-refractivity contribution in [3.8, 4) is 0 Å². The van der Waals surface area contributed by atoms with E-state index in [9.17, 15) is 9.59 Å². The summed E-state index contributed by atoms with van der Waals surface area (Å²) in [5.74, 6) is 4.91. The Balaban J connectivity index is 2.29. The number of benzene rings is 1. The summed E-state index contributed by atoms with van der Waals surface area (Å²) in [6, 6.07) is 7.50. The lowest BCUT2D eigenvalue weighted by Gasteiger charge is -2.27. The highest BCUT2D eigenvalue weighted by Gasteiger charge is 2.25. The van der Waals surface area contributed by atoms with Crippen molar-refractivity contribution in [3.05, 3.63) is 24.3 Å². The maximum absolute atomic E-state index is 11.7. The van der Waals surface area contributed by atoms with Gasteiger partial charge in [-0.05, 0) is 12.1 Å². The van der Waals surface area contributed by atoms with E-state index in [0.29, 0.717) is 5.75 Å². The van der Waals surface area contributed by atoms with Gasteiger partial charge in [-0.25, -0.2) is 5.84 Å². The number of fused-ring (bicyclic) bond motifs is 1. The van der Waals surface area contributed by atoms with Crippen LogP contribution >= 0.6 is 11.8 Å². The molecular formula is C10H11N3O2S. The molecule has 6 heteroatoms. The molecule has 3 N–H and O–H groups in total. The summed E-state index contributed by atoms with van der Waals surface area (Å²) in [5, 5.41) is 0. The van der Waals surface area contributed by atoms with Gasteiger partial charge in [-0.1, -0.05) is 12.1 Å². The summed E-state index contributed by atoms with van der Waals surface area (Å²) < 4.78 is 0. The second kappa shape index (κ2) is 4.54. The predicted octanol–water partition coefficient (Wildman–Crippen LogP) is 0.115. The van der Waals surface area contributed by atoms with Crippen LogP contribution in [0, 0.1) is 0 Å². The molecular weight excluding hydrogens is 226 g/mol. The number of rotatable bonds is 2. The Labute approximate surface area is 97.0 Å². The summed E-state index contributed by atoms with van der Waals surface area (Å²) in [7, 11) is 0. The first kappa shape index (κ1) is 11.0. The van der Waals surface area contributed by atoms with Gasteiger partial charge in [-0.2, -0.15) is 0 Å². The minimum atomic E-state index is -0.380. The fraction of sp³-hybridized carbons (Fsp3) is 0.200. The molecule has 0 aromatic heterocycles. The highest BCUT2D eigenvalue weighted by atomic mass is 32.2. The van der Waals surface area contributed by atoms with Crippen LogP contribution in [0.25, 0.3) is 0 Å². The molecule has 0 atom stereocenters. The van der Waals surface area contributed by atoms with Crippen molar-refractivity contribution in [2.45, 2.75) is 4.90 Å². The van der Waals surface area contributed by atoms with E-state index in [1.807, 2.05) is 29.7 Å². The highest BCUT2D eigenvalue weighted by Crippen LogP contribution is 2.34. The second-order valence-corrected chi connectivity index (χ2v) is 4.32. The number of hydrazine groups is 1. The van der Waals surface area contributed by atoms with Crippen molar-refractivity contribution in [1.29, 1.82) is 0 Å². The lowest BCUT2D eigenvalue weighted by atomic mass is 10.2. The number of carbonyl (C=O) groups excluding carboxylic acids is 2. The van der Waals surface area contributed by atoms with Crippen molar-refractivity contribution in [2.75, 3.05) is 17.2 Å². The van der Waals surface area contributed by atoms with Crippen LogP contribution in [-0.4, -0.2) is 24.1 Å². The molecule has 0 unspecified atom stereocenters. The third-order valence-corrected chi connectivity index (χ3v) is 3.32. The Morgan fingerprint density at radius 2 is 2.25 bits per heavy atom. The van der Waals surface area contributed by atoms with E-state index >= 15 is 0 Å². The fourth-order valence-corrected chi connectivity index (χ4v) is 2.45. The van der Waals surface area contributed by atoms with Gasteiger partial charge < -0.3 is 4.90 Å². The van der Waals surface area contributed by atoms with Crippen LogP contribution in [0.1, 0.15) is 0 Å². The van der Waals surface area contributed by atoms with Crippen LogP contribution in [0.2, 0.25) is 0 Å². The van der Waals surface area contributed by atoms with Gasteiger partial charge in [-0.3, -0.25) is 15.0 Å². The maximum atomic E-state index is 11.7. The molecule has 1 heterocycles. The van der Waals surface area contributed by atoms with Gasteiger partial charge in [0.15, 0.2) is 0 Å². The van der Waals surface area contributed by atoms with Crippen LogP contribution in [0.3, 0.4) is 0 Å². The molecule has 1 aromatic carbocycles. The molecule has 1 aliphatic heterocycles. The van der Waals surface area contributed by atoms with Crippen molar-refractivity contribution < 1.29 is 9.59 Å². The summed E-state index contributed by atoms with van der Waals surface area (Å²) in [6.45, 7) is -0.0348. The Kier molecular flexibility index (Phi) is 3.12. The number of hydrogen-bond acceptors (Lipinski definition) is 4. The fourth-order valence-electron chi connectivity index (χ4n) is 1.52. The first-order valence-electron chi connectivity index (χ1n) is 4.74. The molecule has 1 aliphatic rings. The molecule has 0 saturated carbocycles. The zero-order valence-corrected chi connectivity index (χ0v) is 9.29. The smallest absolute Gasteiger partial charge is 0.253 e. The monoisotopic (exact) mass is 237 g/mol. The lowest BCUT2D eigenvalue weighted by Crippen LogP contribution is -2.45. The van der Waals surface area contributed by atoms with Crippen molar-refractivity contribution in [3.63, 3.8) is 0 Å². The van der Waals surface area contributed by atoms with Crippen molar-refractivity contribution in [1.82, 2.24) is 5.43 Å². The number of nitrogens with one attached hydrogen (secondary N) is 1. The molecule has 5 nitrogen and oxygen atoms in total. The summed E-state index contributed by atoms with van der Waals surface area (Å²) in [6.07, 6.45) is 0. The number of nitrogens with zero attached hydrogens (tertiary/aromatic N) is 1. The number of hydrogen-bond donors (Lipinski definition) is 2. The first-order chi connectivity index (χ1) is 7.72. The molecule has 0 saturated heterocycles. The molecule has 0 radical (unpaired) electrons. The van der Waals surface area contributed by atoms with E-state index in [1.54, 1.807) is 0 Å². The minimum absolute atomic E-state index is 0.0348. The number of anilines is 1. The Morgan fingerprint density at radius 1 is 1.50 bits per heavy atom. The average molecular weight is 237 g/mol. The minimum Gasteiger partial charge on any atom is -0.301 e. The Hall–Kier alpha value is -1.53. The Bertz CT molecular complexity index is 436. The summed E-state index contributed by atoms with van der Waals surface area (Å²) in [4.78, 5) is 25.4. The van der Waals surface area contributed by atoms with E-state index in [2.05, 4.69) is 0 Å². The van der Waals surface area contributed by atoms with E-state index in [1.165, 1.54) is 16.7 Å². The number of nitrogens with two attached hydrogens (primary N) is 1. The van der Waals surface area contributed by atoms with Crippen LogP contribution in [0.5, 0.6) is 0 Å². The summed E-state index contributed by atoms with van der Waals surface area (Å²) >= 11 is 1.48. The van der Waals surface area contributed by atoms with Gasteiger partial charge >= 0.3 is 0 Å². The number of carbonyl (C=O) groups is 2. The van der Waals surface area contributed by atoms with E-state index in [0.717, 1.165) is 10.6 Å². The molecule has 0 fully saturated rings. The van der Waals surface area contributed by atoms with Gasteiger partial charge in [0.05, 0.1) is 11.4 Å². The largest absolute Gasteiger partial charge is 0.301 e. The second-order valence-electron chi connectivity index (χ2n) is 3.30. The SMILES string of the molecule is NNC(=O)CN1C(=O)CSc2ccccc21. The van der Waals surface area contributed by atoms with Crippen LogP contribution < -0.4 is 16.2 Å². The molecule has 1 aromatic rings. The van der Waals surface area contributed by atoms with E-state index in [4.69, 9.17) is 5.84 Å². The predicted molar refractivity (Wildman–Crippen MR) is 61.8 cm³/mol. The zero-order chi connectivity index (χ0) is 11.5. The number of amides is 2. The summed E-state index contributed by atoms with van der Waals surface area (Å²) in [5.41, 5.74) is 2.79. The molecule has 0 bridgehead atoms. The standard InChI is InChI=1S/C10H11N3O2S/c11-12-9(14)5-13-7-3-1-2-4-8(7)16-6-10(13)15/h1-4H,5-6,11H2,(H,12,14). The molecule has 0 aliphatic carbocycles. The van der Waals surface area contributed by atoms with Crippen molar-refractivity contribution >= 4 is 29.3 Å². The Morgan fingerprint density at radius 3 is 3.00 bits per heavy atom. The van der Waals surface area contributed by atoms with Gasteiger partial charge in [0, 0.05) is 4.90 Å². The molecule has 2 amide bonds. The zero-order valence-electron chi connectivity index (χ0n) is 8.47. The maximum Gasteiger partial charge on any atom is 0.253 e. The topological polar surface area (TPSA) is 75.4 Å². The molecule has 84 valence electrons. The molecule has 0 spiro atoms.